The Labute approximate surface area is 103 Å². The van der Waals surface area contributed by atoms with Gasteiger partial charge in [0.05, 0.1) is 22.2 Å². The molecule has 0 saturated heterocycles. The molecule has 6 nitrogen and oxygen atoms in total. The fourth-order valence-corrected chi connectivity index (χ4v) is 1.43. The zero-order chi connectivity index (χ0) is 13.0. The van der Waals surface area contributed by atoms with Crippen LogP contribution in [-0.2, 0) is 0 Å². The van der Waals surface area contributed by atoms with Gasteiger partial charge in [-0.3, -0.25) is 10.1 Å². The molecule has 0 unspecified atom stereocenters. The molecule has 0 amide bonds. The van der Waals surface area contributed by atoms with Crippen molar-refractivity contribution in [2.45, 2.75) is 0 Å². The number of hydrogen-bond donors (Lipinski definition) is 1. The monoisotopic (exact) mass is 240 g/mol. The van der Waals surface area contributed by atoms with Gasteiger partial charge in [0.1, 0.15) is 11.9 Å². The smallest absolute Gasteiger partial charge is 0.274 e. The molecule has 88 valence electrons. The van der Waals surface area contributed by atoms with Crippen molar-refractivity contribution in [3.8, 4) is 6.07 Å². The van der Waals surface area contributed by atoms with Crippen molar-refractivity contribution >= 4 is 17.2 Å². The fraction of sp³-hybridized carbons (Fsp3) is 0. The van der Waals surface area contributed by atoms with Gasteiger partial charge in [-0.2, -0.15) is 5.26 Å². The van der Waals surface area contributed by atoms with E-state index in [1.165, 1.54) is 18.3 Å². The Balaban J connectivity index is 2.32. The summed E-state index contributed by atoms with van der Waals surface area (Å²) >= 11 is 0. The number of aromatic nitrogens is 1. The Morgan fingerprint density at radius 3 is 2.83 bits per heavy atom. The third-order valence-corrected chi connectivity index (χ3v) is 2.26. The van der Waals surface area contributed by atoms with Crippen LogP contribution in [0.15, 0.2) is 42.6 Å². The van der Waals surface area contributed by atoms with Gasteiger partial charge in [0.25, 0.3) is 5.69 Å². The number of benzene rings is 1. The third kappa shape index (κ3) is 2.41. The lowest BCUT2D eigenvalue weighted by molar-refractivity contribution is -0.384. The summed E-state index contributed by atoms with van der Waals surface area (Å²) in [6.07, 6.45) is 1.34. The van der Waals surface area contributed by atoms with E-state index in [2.05, 4.69) is 10.3 Å². The Morgan fingerprint density at radius 2 is 2.11 bits per heavy atom. The lowest BCUT2D eigenvalue weighted by Crippen LogP contribution is -1.97. The van der Waals surface area contributed by atoms with Crippen LogP contribution in [0.1, 0.15) is 5.56 Å². The normalized spacial score (nSPS) is 9.50. The minimum absolute atomic E-state index is 0.0538. The van der Waals surface area contributed by atoms with Crippen LogP contribution in [0, 0.1) is 21.4 Å². The van der Waals surface area contributed by atoms with Crippen LogP contribution in [0.3, 0.4) is 0 Å². The van der Waals surface area contributed by atoms with Gasteiger partial charge in [-0.15, -0.1) is 0 Å². The first kappa shape index (κ1) is 11.5. The molecule has 1 aromatic carbocycles. The number of anilines is 2. The van der Waals surface area contributed by atoms with Gasteiger partial charge in [0.15, 0.2) is 0 Å². The second kappa shape index (κ2) is 4.93. The van der Waals surface area contributed by atoms with Gasteiger partial charge in [0.2, 0.25) is 0 Å². The highest BCUT2D eigenvalue weighted by atomic mass is 16.6. The van der Waals surface area contributed by atoms with E-state index in [1.54, 1.807) is 24.3 Å². The summed E-state index contributed by atoms with van der Waals surface area (Å²) in [5.74, 6) is 0.326. The van der Waals surface area contributed by atoms with Crippen LogP contribution in [-0.4, -0.2) is 9.91 Å². The molecule has 0 aliphatic rings. The number of nitro groups is 1. The van der Waals surface area contributed by atoms with E-state index in [9.17, 15) is 10.1 Å². The molecule has 0 radical (unpaired) electrons. The van der Waals surface area contributed by atoms with E-state index in [0.29, 0.717) is 17.1 Å². The summed E-state index contributed by atoms with van der Waals surface area (Å²) in [6, 6.07) is 11.5. The molecule has 18 heavy (non-hydrogen) atoms. The van der Waals surface area contributed by atoms with Gasteiger partial charge >= 0.3 is 0 Å². The van der Waals surface area contributed by atoms with E-state index >= 15 is 0 Å². The van der Waals surface area contributed by atoms with E-state index in [0.717, 1.165) is 0 Å². The first-order valence-electron chi connectivity index (χ1n) is 5.07. The molecule has 0 aliphatic carbocycles. The van der Waals surface area contributed by atoms with Gasteiger partial charge in [-0.25, -0.2) is 4.98 Å². The minimum Gasteiger partial charge on any atom is -0.339 e. The van der Waals surface area contributed by atoms with Crippen molar-refractivity contribution in [1.29, 1.82) is 5.26 Å². The summed E-state index contributed by atoms with van der Waals surface area (Å²) in [5.41, 5.74) is 0.959. The van der Waals surface area contributed by atoms with Crippen molar-refractivity contribution in [2.75, 3.05) is 5.32 Å². The largest absolute Gasteiger partial charge is 0.339 e. The van der Waals surface area contributed by atoms with Crippen LogP contribution in [0.5, 0.6) is 0 Å². The number of nitrogens with one attached hydrogen (secondary N) is 1. The highest BCUT2D eigenvalue weighted by Gasteiger charge is 2.08. The zero-order valence-electron chi connectivity index (χ0n) is 9.20. The van der Waals surface area contributed by atoms with Crippen LogP contribution in [0.25, 0.3) is 0 Å². The molecule has 1 heterocycles. The second-order valence-corrected chi connectivity index (χ2v) is 3.44. The van der Waals surface area contributed by atoms with E-state index in [4.69, 9.17) is 5.26 Å². The summed E-state index contributed by atoms with van der Waals surface area (Å²) in [4.78, 5) is 14.1. The molecule has 2 rings (SSSR count). The molecule has 1 aromatic heterocycles. The predicted octanol–water partition coefficient (Wildman–Crippen LogP) is 2.61. The number of nitrogens with zero attached hydrogens (tertiary/aromatic N) is 3. The summed E-state index contributed by atoms with van der Waals surface area (Å²) < 4.78 is 0. The van der Waals surface area contributed by atoms with E-state index in [1.807, 2.05) is 6.07 Å². The van der Waals surface area contributed by atoms with Crippen LogP contribution < -0.4 is 5.32 Å². The lowest BCUT2D eigenvalue weighted by atomic mass is 10.2. The second-order valence-electron chi connectivity index (χ2n) is 3.44. The van der Waals surface area contributed by atoms with Crippen molar-refractivity contribution in [2.24, 2.45) is 0 Å². The molecular formula is C12H8N4O2. The Kier molecular flexibility index (Phi) is 3.16. The highest BCUT2D eigenvalue weighted by Crippen LogP contribution is 2.21. The average Bonchev–Trinajstić information content (AvgIpc) is 2.39. The lowest BCUT2D eigenvalue weighted by Gasteiger charge is -2.06. The van der Waals surface area contributed by atoms with Crippen molar-refractivity contribution < 1.29 is 4.92 Å². The summed E-state index contributed by atoms with van der Waals surface area (Å²) in [6.45, 7) is 0. The number of hydrogen-bond acceptors (Lipinski definition) is 5. The van der Waals surface area contributed by atoms with Gasteiger partial charge in [-0.05, 0) is 12.1 Å². The van der Waals surface area contributed by atoms with Crippen molar-refractivity contribution in [3.63, 3.8) is 0 Å². The Hall–Kier alpha value is -2.94. The van der Waals surface area contributed by atoms with Crippen molar-refractivity contribution in [3.05, 3.63) is 58.3 Å². The third-order valence-electron chi connectivity index (χ3n) is 2.26. The maximum Gasteiger partial charge on any atom is 0.274 e. The Morgan fingerprint density at radius 1 is 1.33 bits per heavy atom. The fourth-order valence-electron chi connectivity index (χ4n) is 1.43. The first-order valence-corrected chi connectivity index (χ1v) is 5.07. The topological polar surface area (TPSA) is 91.8 Å². The predicted molar refractivity (Wildman–Crippen MR) is 65.3 cm³/mol. The minimum atomic E-state index is -0.497. The highest BCUT2D eigenvalue weighted by molar-refractivity contribution is 5.65. The number of para-hydroxylation sites is 1. The molecule has 0 bridgehead atoms. The molecule has 0 atom stereocenters. The molecule has 2 aromatic rings. The molecular weight excluding hydrogens is 232 g/mol. The van der Waals surface area contributed by atoms with E-state index in [-0.39, 0.29) is 5.69 Å². The zero-order valence-corrected chi connectivity index (χ0v) is 9.20. The standard InChI is InChI=1S/C12H8N4O2/c13-8-9-3-1-2-4-11(9)15-12-7-10(16(17)18)5-6-14-12/h1-7H,(H,14,15). The molecule has 1 N–H and O–H groups in total. The van der Waals surface area contributed by atoms with Crippen LogP contribution in [0.2, 0.25) is 0 Å². The number of rotatable bonds is 3. The molecule has 0 fully saturated rings. The summed E-state index contributed by atoms with van der Waals surface area (Å²) in [7, 11) is 0. The Bertz CT molecular complexity index is 634. The van der Waals surface area contributed by atoms with Crippen LogP contribution in [0.4, 0.5) is 17.2 Å². The molecule has 0 aliphatic heterocycles. The molecule has 0 saturated carbocycles. The number of pyridine rings is 1. The van der Waals surface area contributed by atoms with Gasteiger partial charge < -0.3 is 5.32 Å². The molecule has 6 heteroatoms. The maximum absolute atomic E-state index is 10.6. The number of nitriles is 1. The van der Waals surface area contributed by atoms with Gasteiger partial charge in [-0.1, -0.05) is 12.1 Å². The SMILES string of the molecule is N#Cc1ccccc1Nc1cc([N+](=O)[O-])ccn1. The van der Waals surface area contributed by atoms with Crippen LogP contribution >= 0.6 is 0 Å². The van der Waals surface area contributed by atoms with Crippen molar-refractivity contribution in [1.82, 2.24) is 4.98 Å². The average molecular weight is 240 g/mol. The quantitative estimate of drug-likeness (QED) is 0.657. The van der Waals surface area contributed by atoms with E-state index < -0.39 is 4.92 Å². The molecule has 0 spiro atoms. The van der Waals surface area contributed by atoms with Gasteiger partial charge in [0, 0.05) is 12.3 Å². The maximum atomic E-state index is 10.6. The first-order chi connectivity index (χ1) is 8.70. The summed E-state index contributed by atoms with van der Waals surface area (Å²) in [5, 5.41) is 22.4.